The van der Waals surface area contributed by atoms with Crippen LogP contribution in [0.2, 0.25) is 5.02 Å². The number of anilines is 1. The van der Waals surface area contributed by atoms with Gasteiger partial charge in [0.1, 0.15) is 0 Å². The number of carbonyl (C=O) groups excluding carboxylic acids is 1. The number of hydrogen-bond acceptors (Lipinski definition) is 5. The first-order chi connectivity index (χ1) is 10.5. The molecule has 118 valence electrons. The average Bonchev–Trinajstić information content (AvgIpc) is 2.93. The van der Waals surface area contributed by atoms with Crippen LogP contribution in [0.4, 0.5) is 9.93 Å². The Morgan fingerprint density at radius 2 is 2.23 bits per heavy atom. The topological polar surface area (TPSA) is 55.3 Å². The monoisotopic (exact) mass is 339 g/mol. The fourth-order valence-electron chi connectivity index (χ4n) is 1.83. The van der Waals surface area contributed by atoms with Crippen molar-refractivity contribution in [3.05, 3.63) is 29.7 Å². The Hall–Kier alpha value is -1.66. The van der Waals surface area contributed by atoms with Crippen LogP contribution in [-0.4, -0.2) is 28.7 Å². The Kier molecular flexibility index (Phi) is 5.74. The number of nitrogens with zero attached hydrogens (tertiary/aromatic N) is 3. The third kappa shape index (κ3) is 3.96. The molecule has 2 rings (SSSR count). The lowest BCUT2D eigenvalue weighted by atomic mass is 10.2. The smallest absolute Gasteiger partial charge is 0.416 e. The second-order valence-electron chi connectivity index (χ2n) is 4.95. The van der Waals surface area contributed by atoms with Crippen molar-refractivity contribution < 1.29 is 9.53 Å². The summed E-state index contributed by atoms with van der Waals surface area (Å²) in [6.45, 7) is 6.21. The Bertz CT molecular complexity index is 645. The van der Waals surface area contributed by atoms with E-state index in [4.69, 9.17) is 16.3 Å². The second kappa shape index (κ2) is 7.56. The van der Waals surface area contributed by atoms with Crippen molar-refractivity contribution in [3.8, 4) is 10.4 Å². The molecule has 0 spiro atoms. The molecule has 5 nitrogen and oxygen atoms in total. The van der Waals surface area contributed by atoms with Gasteiger partial charge in [-0.2, -0.15) is 0 Å². The summed E-state index contributed by atoms with van der Waals surface area (Å²) in [6, 6.07) is 1.73. The van der Waals surface area contributed by atoms with Crippen molar-refractivity contribution >= 4 is 34.2 Å². The summed E-state index contributed by atoms with van der Waals surface area (Å²) < 4.78 is 5.27. The minimum atomic E-state index is -0.380. The molecule has 0 N–H and O–H groups in total. The fraction of sp³-hybridized carbons (Fsp3) is 0.400. The molecule has 0 unspecified atom stereocenters. The summed E-state index contributed by atoms with van der Waals surface area (Å²) in [6.07, 6.45) is 5.30. The van der Waals surface area contributed by atoms with E-state index in [0.717, 1.165) is 16.9 Å². The molecule has 0 aliphatic heterocycles. The number of halogens is 1. The molecule has 2 aromatic rings. The van der Waals surface area contributed by atoms with E-state index in [1.165, 1.54) is 11.3 Å². The number of carbonyl (C=O) groups is 1. The number of ether oxygens (including phenoxy) is 1. The van der Waals surface area contributed by atoms with E-state index >= 15 is 0 Å². The summed E-state index contributed by atoms with van der Waals surface area (Å²) in [7, 11) is 0. The van der Waals surface area contributed by atoms with Crippen molar-refractivity contribution in [3.63, 3.8) is 0 Å². The highest BCUT2D eigenvalue weighted by Gasteiger charge is 2.21. The molecule has 0 saturated carbocycles. The first kappa shape index (κ1) is 16.7. The fourth-order valence-corrected chi connectivity index (χ4v) is 3.05. The van der Waals surface area contributed by atoms with Gasteiger partial charge in [-0.15, -0.1) is 0 Å². The van der Waals surface area contributed by atoms with E-state index in [1.807, 2.05) is 20.8 Å². The minimum absolute atomic E-state index is 0.168. The van der Waals surface area contributed by atoms with Crippen molar-refractivity contribution in [1.29, 1.82) is 0 Å². The molecular formula is C15H18ClN3O2S. The van der Waals surface area contributed by atoms with Gasteiger partial charge in [-0.3, -0.25) is 9.88 Å². The highest BCUT2D eigenvalue weighted by atomic mass is 35.5. The first-order valence-corrected chi connectivity index (χ1v) is 8.26. The minimum Gasteiger partial charge on any atom is -0.446 e. The summed E-state index contributed by atoms with van der Waals surface area (Å²) in [5.41, 5.74) is 0.807. The molecule has 0 aliphatic carbocycles. The SMILES string of the molecule is CCCN(C(=O)OC(C)C)c1ncc(-c2cnccc2Cl)s1. The molecular weight excluding hydrogens is 322 g/mol. The van der Waals surface area contributed by atoms with Gasteiger partial charge in [-0.05, 0) is 26.3 Å². The average molecular weight is 340 g/mol. The van der Waals surface area contributed by atoms with Crippen LogP contribution in [0.1, 0.15) is 27.2 Å². The highest BCUT2D eigenvalue weighted by Crippen LogP contribution is 2.34. The van der Waals surface area contributed by atoms with Gasteiger partial charge in [0.05, 0.1) is 16.0 Å². The Morgan fingerprint density at radius 1 is 1.45 bits per heavy atom. The number of hydrogen-bond donors (Lipinski definition) is 0. The number of pyridine rings is 1. The van der Waals surface area contributed by atoms with E-state index in [2.05, 4.69) is 9.97 Å². The lowest BCUT2D eigenvalue weighted by Gasteiger charge is -2.20. The zero-order chi connectivity index (χ0) is 16.1. The number of aromatic nitrogens is 2. The molecule has 1 amide bonds. The Labute approximate surface area is 138 Å². The number of thiazole rings is 1. The molecule has 2 heterocycles. The van der Waals surface area contributed by atoms with Crippen molar-refractivity contribution in [2.24, 2.45) is 0 Å². The van der Waals surface area contributed by atoms with Crippen LogP contribution in [0.5, 0.6) is 0 Å². The normalized spacial score (nSPS) is 10.8. The van der Waals surface area contributed by atoms with Crippen LogP contribution >= 0.6 is 22.9 Å². The maximum Gasteiger partial charge on any atom is 0.416 e. The maximum absolute atomic E-state index is 12.2. The third-order valence-electron chi connectivity index (χ3n) is 2.76. The van der Waals surface area contributed by atoms with Gasteiger partial charge in [0.15, 0.2) is 5.13 Å². The van der Waals surface area contributed by atoms with Gasteiger partial charge in [-0.1, -0.05) is 29.9 Å². The van der Waals surface area contributed by atoms with Crippen LogP contribution in [0.15, 0.2) is 24.7 Å². The molecule has 0 atom stereocenters. The number of amides is 1. The van der Waals surface area contributed by atoms with Crippen LogP contribution in [0, 0.1) is 0 Å². The predicted octanol–water partition coefficient (Wildman–Crippen LogP) is 4.62. The predicted molar refractivity (Wildman–Crippen MR) is 89.6 cm³/mol. The van der Waals surface area contributed by atoms with Crippen molar-refractivity contribution in [2.45, 2.75) is 33.3 Å². The molecule has 0 radical (unpaired) electrons. The van der Waals surface area contributed by atoms with E-state index in [1.54, 1.807) is 29.6 Å². The lowest BCUT2D eigenvalue weighted by molar-refractivity contribution is 0.122. The van der Waals surface area contributed by atoms with Crippen LogP contribution in [0.3, 0.4) is 0 Å². The highest BCUT2D eigenvalue weighted by molar-refractivity contribution is 7.19. The second-order valence-corrected chi connectivity index (χ2v) is 6.36. The third-order valence-corrected chi connectivity index (χ3v) is 4.15. The van der Waals surface area contributed by atoms with Crippen LogP contribution in [0.25, 0.3) is 10.4 Å². The van der Waals surface area contributed by atoms with Crippen LogP contribution < -0.4 is 4.90 Å². The Morgan fingerprint density at radius 3 is 2.86 bits per heavy atom. The van der Waals surface area contributed by atoms with Gasteiger partial charge in [-0.25, -0.2) is 9.78 Å². The van der Waals surface area contributed by atoms with Crippen LogP contribution in [-0.2, 0) is 4.74 Å². The summed E-state index contributed by atoms with van der Waals surface area (Å²) in [5.74, 6) is 0. The lowest BCUT2D eigenvalue weighted by Crippen LogP contribution is -2.33. The van der Waals surface area contributed by atoms with Crippen molar-refractivity contribution in [2.75, 3.05) is 11.4 Å². The quantitative estimate of drug-likeness (QED) is 0.797. The largest absolute Gasteiger partial charge is 0.446 e. The molecule has 0 aliphatic rings. The summed E-state index contributed by atoms with van der Waals surface area (Å²) in [4.78, 5) is 23.0. The summed E-state index contributed by atoms with van der Waals surface area (Å²) >= 11 is 7.57. The first-order valence-electron chi connectivity index (χ1n) is 7.06. The van der Waals surface area contributed by atoms with Gasteiger partial charge in [0, 0.05) is 30.7 Å². The summed E-state index contributed by atoms with van der Waals surface area (Å²) in [5, 5.41) is 1.21. The molecule has 0 saturated heterocycles. The molecule has 0 fully saturated rings. The molecule has 2 aromatic heterocycles. The molecule has 0 bridgehead atoms. The van der Waals surface area contributed by atoms with E-state index in [9.17, 15) is 4.79 Å². The van der Waals surface area contributed by atoms with E-state index in [-0.39, 0.29) is 12.2 Å². The maximum atomic E-state index is 12.2. The van der Waals surface area contributed by atoms with Gasteiger partial charge >= 0.3 is 6.09 Å². The molecule has 7 heteroatoms. The van der Waals surface area contributed by atoms with E-state index in [0.29, 0.717) is 16.7 Å². The van der Waals surface area contributed by atoms with E-state index < -0.39 is 0 Å². The van der Waals surface area contributed by atoms with Crippen molar-refractivity contribution in [1.82, 2.24) is 9.97 Å². The zero-order valence-corrected chi connectivity index (χ0v) is 14.3. The molecule has 22 heavy (non-hydrogen) atoms. The Balaban J connectivity index is 2.27. The molecule has 0 aromatic carbocycles. The van der Waals surface area contributed by atoms with Gasteiger partial charge < -0.3 is 4.74 Å². The standard InChI is InChI=1S/C15H18ClN3O2S/c1-4-7-19(15(20)21-10(2)3)14-18-9-13(22-14)11-8-17-6-5-12(11)16/h5-6,8-10H,4,7H2,1-3H3. The van der Waals surface area contributed by atoms with Gasteiger partial charge in [0.25, 0.3) is 0 Å². The zero-order valence-electron chi connectivity index (χ0n) is 12.7. The van der Waals surface area contributed by atoms with Gasteiger partial charge in [0.2, 0.25) is 0 Å². The number of rotatable bonds is 5.